The lowest BCUT2D eigenvalue weighted by molar-refractivity contribution is 0.288. The topological polar surface area (TPSA) is 31.4 Å². The van der Waals surface area contributed by atoms with Crippen molar-refractivity contribution in [3.8, 4) is 11.5 Å². The maximum Gasteiger partial charge on any atom is 0.137 e. The molecule has 4 heteroatoms. The molecule has 116 valence electrons. The number of hydrogen-bond donors (Lipinski definition) is 0. The van der Waals surface area contributed by atoms with Crippen molar-refractivity contribution in [3.63, 3.8) is 0 Å². The van der Waals surface area contributed by atoms with Gasteiger partial charge >= 0.3 is 0 Å². The van der Waals surface area contributed by atoms with Gasteiger partial charge in [0.15, 0.2) is 0 Å². The van der Waals surface area contributed by atoms with Gasteiger partial charge in [0, 0.05) is 18.5 Å². The van der Waals surface area contributed by atoms with Gasteiger partial charge in [-0.25, -0.2) is 0 Å². The zero-order valence-electron chi connectivity index (χ0n) is 12.5. The standard InChI is InChI=1S/C19H16BrNO2/c20-18-7-6-17(22-13-16-8-10-21-11-9-16)12-19(18)23-14-15-4-2-1-3-5-15/h1-12H,13-14H2. The SMILES string of the molecule is Brc1ccc(OCc2ccncc2)cc1OCc1ccccc1. The van der Waals surface area contributed by atoms with Crippen LogP contribution in [0.4, 0.5) is 0 Å². The molecule has 0 aliphatic heterocycles. The maximum absolute atomic E-state index is 5.88. The van der Waals surface area contributed by atoms with Crippen LogP contribution in [0.3, 0.4) is 0 Å². The Bertz CT molecular complexity index is 748. The first kappa shape index (κ1) is 15.6. The van der Waals surface area contributed by atoms with Gasteiger partial charge in [0.05, 0.1) is 4.47 Å². The van der Waals surface area contributed by atoms with Gasteiger partial charge < -0.3 is 9.47 Å². The molecular formula is C19H16BrNO2. The van der Waals surface area contributed by atoms with Crippen LogP contribution in [0.2, 0.25) is 0 Å². The molecule has 0 saturated heterocycles. The molecule has 0 bridgehead atoms. The molecule has 0 aliphatic rings. The van der Waals surface area contributed by atoms with Gasteiger partial charge in [0.2, 0.25) is 0 Å². The van der Waals surface area contributed by atoms with Crippen LogP contribution in [-0.2, 0) is 13.2 Å². The fourth-order valence-corrected chi connectivity index (χ4v) is 2.43. The van der Waals surface area contributed by atoms with Gasteiger partial charge in [0.1, 0.15) is 24.7 Å². The normalized spacial score (nSPS) is 10.3. The molecule has 0 radical (unpaired) electrons. The van der Waals surface area contributed by atoms with E-state index in [2.05, 4.69) is 20.9 Å². The molecule has 0 spiro atoms. The van der Waals surface area contributed by atoms with E-state index in [0.29, 0.717) is 13.2 Å². The number of rotatable bonds is 6. The molecule has 23 heavy (non-hydrogen) atoms. The predicted octanol–water partition coefficient (Wildman–Crippen LogP) is 5.00. The first-order valence-corrected chi connectivity index (χ1v) is 8.08. The van der Waals surface area contributed by atoms with Crippen molar-refractivity contribution >= 4 is 15.9 Å². The van der Waals surface area contributed by atoms with E-state index in [0.717, 1.165) is 27.1 Å². The largest absolute Gasteiger partial charge is 0.489 e. The summed E-state index contributed by atoms with van der Waals surface area (Å²) in [5.74, 6) is 1.54. The Balaban J connectivity index is 1.64. The van der Waals surface area contributed by atoms with Gasteiger partial charge in [-0.2, -0.15) is 0 Å². The molecule has 3 nitrogen and oxygen atoms in total. The lowest BCUT2D eigenvalue weighted by atomic mass is 10.2. The minimum Gasteiger partial charge on any atom is -0.489 e. The number of hydrogen-bond acceptors (Lipinski definition) is 3. The number of benzene rings is 2. The second-order valence-corrected chi connectivity index (χ2v) is 5.86. The summed E-state index contributed by atoms with van der Waals surface area (Å²) in [7, 11) is 0. The first-order chi connectivity index (χ1) is 11.3. The summed E-state index contributed by atoms with van der Waals surface area (Å²) in [6, 6.07) is 19.7. The minimum atomic E-state index is 0.502. The number of aromatic nitrogens is 1. The summed E-state index contributed by atoms with van der Waals surface area (Å²) >= 11 is 3.51. The minimum absolute atomic E-state index is 0.502. The van der Waals surface area contributed by atoms with E-state index in [9.17, 15) is 0 Å². The molecule has 3 aromatic rings. The van der Waals surface area contributed by atoms with Crippen molar-refractivity contribution in [1.29, 1.82) is 0 Å². The summed E-state index contributed by atoms with van der Waals surface area (Å²) < 4.78 is 12.6. The van der Waals surface area contributed by atoms with Crippen molar-refractivity contribution in [3.05, 3.63) is 88.7 Å². The smallest absolute Gasteiger partial charge is 0.137 e. The van der Waals surface area contributed by atoms with E-state index in [1.807, 2.05) is 60.7 Å². The Morgan fingerprint density at radius 2 is 1.48 bits per heavy atom. The Hall–Kier alpha value is -2.33. The summed E-state index contributed by atoms with van der Waals surface area (Å²) in [4.78, 5) is 4.00. The van der Waals surface area contributed by atoms with E-state index in [1.165, 1.54) is 0 Å². The van der Waals surface area contributed by atoms with Crippen molar-refractivity contribution < 1.29 is 9.47 Å². The van der Waals surface area contributed by atoms with Crippen LogP contribution in [0.5, 0.6) is 11.5 Å². The van der Waals surface area contributed by atoms with Crippen LogP contribution < -0.4 is 9.47 Å². The molecule has 0 N–H and O–H groups in total. The molecule has 0 fully saturated rings. The highest BCUT2D eigenvalue weighted by molar-refractivity contribution is 9.10. The van der Waals surface area contributed by atoms with Gasteiger partial charge in [-0.1, -0.05) is 30.3 Å². The highest BCUT2D eigenvalue weighted by Crippen LogP contribution is 2.30. The summed E-state index contributed by atoms with van der Waals surface area (Å²) in [6.45, 7) is 1.02. The molecule has 1 heterocycles. The molecule has 0 unspecified atom stereocenters. The third-order valence-corrected chi connectivity index (χ3v) is 3.95. The van der Waals surface area contributed by atoms with Crippen LogP contribution >= 0.6 is 15.9 Å². The number of halogens is 1. The van der Waals surface area contributed by atoms with E-state index in [-0.39, 0.29) is 0 Å². The Labute approximate surface area is 144 Å². The van der Waals surface area contributed by atoms with Crippen LogP contribution in [0.1, 0.15) is 11.1 Å². The molecule has 2 aromatic carbocycles. The van der Waals surface area contributed by atoms with Crippen molar-refractivity contribution in [1.82, 2.24) is 4.98 Å². The second-order valence-electron chi connectivity index (χ2n) is 5.01. The molecular weight excluding hydrogens is 354 g/mol. The monoisotopic (exact) mass is 369 g/mol. The van der Waals surface area contributed by atoms with E-state index < -0.39 is 0 Å². The van der Waals surface area contributed by atoms with Crippen molar-refractivity contribution in [2.45, 2.75) is 13.2 Å². The third kappa shape index (κ3) is 4.57. The van der Waals surface area contributed by atoms with Crippen LogP contribution in [0.25, 0.3) is 0 Å². The third-order valence-electron chi connectivity index (χ3n) is 3.29. The van der Waals surface area contributed by atoms with Crippen molar-refractivity contribution in [2.75, 3.05) is 0 Å². The number of ether oxygens (including phenoxy) is 2. The molecule has 1 aromatic heterocycles. The van der Waals surface area contributed by atoms with Gasteiger partial charge in [-0.3, -0.25) is 4.98 Å². The maximum atomic E-state index is 5.88. The lowest BCUT2D eigenvalue weighted by Crippen LogP contribution is -1.98. The van der Waals surface area contributed by atoms with Crippen LogP contribution in [0.15, 0.2) is 77.5 Å². The lowest BCUT2D eigenvalue weighted by Gasteiger charge is -2.11. The average Bonchev–Trinajstić information content (AvgIpc) is 2.62. The molecule has 0 atom stereocenters. The summed E-state index contributed by atoms with van der Waals surface area (Å²) in [5.41, 5.74) is 2.21. The van der Waals surface area contributed by atoms with Gasteiger partial charge in [-0.15, -0.1) is 0 Å². The van der Waals surface area contributed by atoms with Gasteiger partial charge in [-0.05, 0) is 51.3 Å². The molecule has 3 rings (SSSR count). The fraction of sp³-hybridized carbons (Fsp3) is 0.105. The Morgan fingerprint density at radius 3 is 2.26 bits per heavy atom. The van der Waals surface area contributed by atoms with Crippen LogP contribution in [0, 0.1) is 0 Å². The first-order valence-electron chi connectivity index (χ1n) is 7.29. The van der Waals surface area contributed by atoms with Crippen molar-refractivity contribution in [2.24, 2.45) is 0 Å². The highest BCUT2D eigenvalue weighted by atomic mass is 79.9. The van der Waals surface area contributed by atoms with E-state index in [1.54, 1.807) is 12.4 Å². The zero-order valence-corrected chi connectivity index (χ0v) is 14.1. The molecule has 0 saturated carbocycles. The molecule has 0 amide bonds. The van der Waals surface area contributed by atoms with Crippen LogP contribution in [-0.4, -0.2) is 4.98 Å². The second kappa shape index (κ2) is 7.79. The summed E-state index contributed by atoms with van der Waals surface area (Å²) in [5, 5.41) is 0. The van der Waals surface area contributed by atoms with Gasteiger partial charge in [0.25, 0.3) is 0 Å². The molecule has 0 aliphatic carbocycles. The zero-order chi connectivity index (χ0) is 15.9. The predicted molar refractivity (Wildman–Crippen MR) is 93.5 cm³/mol. The average molecular weight is 370 g/mol. The highest BCUT2D eigenvalue weighted by Gasteiger charge is 2.05. The number of pyridine rings is 1. The van der Waals surface area contributed by atoms with E-state index in [4.69, 9.17) is 9.47 Å². The number of nitrogens with zero attached hydrogens (tertiary/aromatic N) is 1. The van der Waals surface area contributed by atoms with E-state index >= 15 is 0 Å². The summed E-state index contributed by atoms with van der Waals surface area (Å²) in [6.07, 6.45) is 3.52. The Morgan fingerprint density at radius 1 is 0.783 bits per heavy atom. The fourth-order valence-electron chi connectivity index (χ4n) is 2.07. The quantitative estimate of drug-likeness (QED) is 0.612. The Kier molecular flexibility index (Phi) is 5.27.